The SMILES string of the molecule is COc1ccc([C@@H](NC(=O)CN2CCN(Cc3ccccn3)CC2)C(C)C)cc1. The zero-order chi connectivity index (χ0) is 20.6. The van der Waals surface area contributed by atoms with Crippen molar-refractivity contribution in [3.05, 3.63) is 59.9 Å². The van der Waals surface area contributed by atoms with Crippen molar-refractivity contribution < 1.29 is 9.53 Å². The summed E-state index contributed by atoms with van der Waals surface area (Å²) in [5.41, 5.74) is 2.20. The molecule has 1 aliphatic rings. The second-order valence-corrected chi connectivity index (χ2v) is 7.94. The van der Waals surface area contributed by atoms with E-state index in [1.165, 1.54) is 0 Å². The average molecular weight is 397 g/mol. The van der Waals surface area contributed by atoms with Gasteiger partial charge in [-0.2, -0.15) is 0 Å². The van der Waals surface area contributed by atoms with Crippen molar-refractivity contribution in [1.82, 2.24) is 20.1 Å². The van der Waals surface area contributed by atoms with E-state index in [4.69, 9.17) is 4.74 Å². The molecule has 0 radical (unpaired) electrons. The molecule has 1 aliphatic heterocycles. The Labute approximate surface area is 173 Å². The van der Waals surface area contributed by atoms with Crippen LogP contribution in [-0.4, -0.2) is 60.5 Å². The lowest BCUT2D eigenvalue weighted by Crippen LogP contribution is -2.49. The number of ether oxygens (including phenoxy) is 1. The first-order valence-electron chi connectivity index (χ1n) is 10.3. The molecule has 0 saturated carbocycles. The lowest BCUT2D eigenvalue weighted by atomic mass is 9.96. The summed E-state index contributed by atoms with van der Waals surface area (Å²) in [4.78, 5) is 21.7. The Bertz CT molecular complexity index is 756. The molecule has 156 valence electrons. The number of aromatic nitrogens is 1. The number of benzene rings is 1. The number of piperazine rings is 1. The molecule has 2 heterocycles. The van der Waals surface area contributed by atoms with E-state index < -0.39 is 0 Å². The highest BCUT2D eigenvalue weighted by molar-refractivity contribution is 5.78. The maximum atomic E-state index is 12.7. The van der Waals surface area contributed by atoms with Crippen LogP contribution in [0.25, 0.3) is 0 Å². The number of methoxy groups -OCH3 is 1. The van der Waals surface area contributed by atoms with Crippen LogP contribution >= 0.6 is 0 Å². The molecule has 6 heteroatoms. The van der Waals surface area contributed by atoms with Gasteiger partial charge in [0.1, 0.15) is 5.75 Å². The van der Waals surface area contributed by atoms with E-state index in [2.05, 4.69) is 40.0 Å². The molecule has 1 fully saturated rings. The molecule has 1 amide bonds. The van der Waals surface area contributed by atoms with Gasteiger partial charge in [-0.25, -0.2) is 0 Å². The first-order chi connectivity index (χ1) is 14.0. The van der Waals surface area contributed by atoms with Gasteiger partial charge in [0.05, 0.1) is 25.4 Å². The third-order valence-electron chi connectivity index (χ3n) is 5.40. The maximum Gasteiger partial charge on any atom is 0.234 e. The molecule has 6 nitrogen and oxygen atoms in total. The van der Waals surface area contributed by atoms with Crippen LogP contribution < -0.4 is 10.1 Å². The number of rotatable bonds is 8. The Hall–Kier alpha value is -2.44. The smallest absolute Gasteiger partial charge is 0.234 e. The summed E-state index contributed by atoms with van der Waals surface area (Å²) in [6.45, 7) is 9.28. The minimum atomic E-state index is -0.00106. The molecule has 29 heavy (non-hydrogen) atoms. The van der Waals surface area contributed by atoms with E-state index in [1.54, 1.807) is 7.11 Å². The van der Waals surface area contributed by atoms with Gasteiger partial charge in [-0.3, -0.25) is 19.6 Å². The van der Waals surface area contributed by atoms with Crippen LogP contribution in [0.3, 0.4) is 0 Å². The number of amides is 1. The molecule has 0 aliphatic carbocycles. The number of carbonyl (C=O) groups excluding carboxylic acids is 1. The van der Waals surface area contributed by atoms with Crippen LogP contribution in [0.2, 0.25) is 0 Å². The van der Waals surface area contributed by atoms with Crippen molar-refractivity contribution in [3.8, 4) is 5.75 Å². The molecule has 0 bridgehead atoms. The van der Waals surface area contributed by atoms with E-state index in [0.29, 0.717) is 12.5 Å². The number of hydrogen-bond donors (Lipinski definition) is 1. The summed E-state index contributed by atoms with van der Waals surface area (Å²) in [5, 5.41) is 3.22. The van der Waals surface area contributed by atoms with Crippen LogP contribution in [0.4, 0.5) is 0 Å². The van der Waals surface area contributed by atoms with Gasteiger partial charge in [-0.15, -0.1) is 0 Å². The molecule has 3 rings (SSSR count). The van der Waals surface area contributed by atoms with E-state index >= 15 is 0 Å². The molecule has 1 saturated heterocycles. The Morgan fingerprint density at radius 2 is 1.76 bits per heavy atom. The fraction of sp³-hybridized carbons (Fsp3) is 0.478. The van der Waals surface area contributed by atoms with E-state index in [-0.39, 0.29) is 11.9 Å². The zero-order valence-corrected chi connectivity index (χ0v) is 17.7. The van der Waals surface area contributed by atoms with Crippen LogP contribution in [0.15, 0.2) is 48.7 Å². The Kier molecular flexibility index (Phi) is 7.61. The fourth-order valence-corrected chi connectivity index (χ4v) is 3.69. The van der Waals surface area contributed by atoms with Gasteiger partial charge in [0.2, 0.25) is 5.91 Å². The third kappa shape index (κ3) is 6.27. The molecule has 2 aromatic rings. The quantitative estimate of drug-likeness (QED) is 0.744. The normalized spacial score (nSPS) is 16.6. The molecule has 1 aromatic carbocycles. The predicted molar refractivity (Wildman–Crippen MR) is 115 cm³/mol. The summed E-state index contributed by atoms with van der Waals surface area (Å²) in [5.74, 6) is 1.21. The second-order valence-electron chi connectivity index (χ2n) is 7.94. The lowest BCUT2D eigenvalue weighted by Gasteiger charge is -2.34. The van der Waals surface area contributed by atoms with Crippen molar-refractivity contribution in [2.45, 2.75) is 26.4 Å². The summed E-state index contributed by atoms with van der Waals surface area (Å²) >= 11 is 0. The van der Waals surface area contributed by atoms with Gasteiger partial charge in [-0.1, -0.05) is 32.0 Å². The highest BCUT2D eigenvalue weighted by Gasteiger charge is 2.22. The van der Waals surface area contributed by atoms with Gasteiger partial charge in [-0.05, 0) is 35.7 Å². The van der Waals surface area contributed by atoms with Crippen molar-refractivity contribution >= 4 is 5.91 Å². The largest absolute Gasteiger partial charge is 0.497 e. The zero-order valence-electron chi connectivity index (χ0n) is 17.7. The van der Waals surface area contributed by atoms with Crippen molar-refractivity contribution in [1.29, 1.82) is 0 Å². The average Bonchev–Trinajstić information content (AvgIpc) is 2.74. The summed E-state index contributed by atoms with van der Waals surface area (Å²) in [6.07, 6.45) is 1.84. The second kappa shape index (κ2) is 10.4. The van der Waals surface area contributed by atoms with Gasteiger partial charge >= 0.3 is 0 Å². The molecule has 1 N–H and O–H groups in total. The highest BCUT2D eigenvalue weighted by Crippen LogP contribution is 2.24. The topological polar surface area (TPSA) is 57.7 Å². The molecular formula is C23H32N4O2. The first kappa shape index (κ1) is 21.3. The van der Waals surface area contributed by atoms with Crippen LogP contribution in [0.1, 0.15) is 31.1 Å². The molecule has 0 spiro atoms. The Morgan fingerprint density at radius 1 is 1.07 bits per heavy atom. The van der Waals surface area contributed by atoms with Gasteiger partial charge in [0, 0.05) is 38.9 Å². The summed E-state index contributed by atoms with van der Waals surface area (Å²) in [7, 11) is 1.66. The van der Waals surface area contributed by atoms with E-state index in [0.717, 1.165) is 49.7 Å². The monoisotopic (exact) mass is 396 g/mol. The van der Waals surface area contributed by atoms with Gasteiger partial charge in [0.25, 0.3) is 0 Å². The van der Waals surface area contributed by atoms with Gasteiger partial charge in [0.15, 0.2) is 0 Å². The van der Waals surface area contributed by atoms with Crippen LogP contribution in [-0.2, 0) is 11.3 Å². The van der Waals surface area contributed by atoms with Crippen molar-refractivity contribution in [2.75, 3.05) is 39.8 Å². The minimum absolute atomic E-state index is 0.00106. The maximum absolute atomic E-state index is 12.7. The van der Waals surface area contributed by atoms with E-state index in [9.17, 15) is 4.79 Å². The lowest BCUT2D eigenvalue weighted by molar-refractivity contribution is -0.123. The van der Waals surface area contributed by atoms with Gasteiger partial charge < -0.3 is 10.1 Å². The summed E-state index contributed by atoms with van der Waals surface area (Å²) in [6, 6.07) is 14.0. The van der Waals surface area contributed by atoms with Crippen molar-refractivity contribution in [3.63, 3.8) is 0 Å². The highest BCUT2D eigenvalue weighted by atomic mass is 16.5. The predicted octanol–water partition coefficient (Wildman–Crippen LogP) is 2.72. The standard InChI is InChI=1S/C23H32N4O2/c1-18(2)23(19-7-9-21(29-3)10-8-19)25-22(28)17-27-14-12-26(13-15-27)16-20-6-4-5-11-24-20/h4-11,18,23H,12-17H2,1-3H3,(H,25,28)/t23-/m0/s1. The van der Waals surface area contributed by atoms with E-state index in [1.807, 2.05) is 42.6 Å². The number of pyridine rings is 1. The minimum Gasteiger partial charge on any atom is -0.497 e. The van der Waals surface area contributed by atoms with Crippen LogP contribution in [0.5, 0.6) is 5.75 Å². The Morgan fingerprint density at radius 3 is 2.34 bits per heavy atom. The molecular weight excluding hydrogens is 364 g/mol. The number of nitrogens with one attached hydrogen (secondary N) is 1. The third-order valence-corrected chi connectivity index (χ3v) is 5.40. The fourth-order valence-electron chi connectivity index (χ4n) is 3.69. The number of carbonyl (C=O) groups is 1. The number of hydrogen-bond acceptors (Lipinski definition) is 5. The molecule has 1 atom stereocenters. The molecule has 0 unspecified atom stereocenters. The molecule has 1 aromatic heterocycles. The summed E-state index contributed by atoms with van der Waals surface area (Å²) < 4.78 is 5.24. The van der Waals surface area contributed by atoms with Crippen LogP contribution in [0, 0.1) is 5.92 Å². The number of nitrogens with zero attached hydrogens (tertiary/aromatic N) is 3. The first-order valence-corrected chi connectivity index (χ1v) is 10.3. The van der Waals surface area contributed by atoms with Crippen molar-refractivity contribution in [2.24, 2.45) is 5.92 Å². The Balaban J connectivity index is 1.48.